The first-order chi connectivity index (χ1) is 7.66. The number of thiophene rings is 1. The van der Waals surface area contributed by atoms with Crippen molar-refractivity contribution in [2.24, 2.45) is 5.73 Å². The summed E-state index contributed by atoms with van der Waals surface area (Å²) in [6, 6.07) is 1.61. The summed E-state index contributed by atoms with van der Waals surface area (Å²) in [4.78, 5) is 22.5. The lowest BCUT2D eigenvalue weighted by atomic mass is 9.93. The number of nitrogens with one attached hydrogen (secondary N) is 2. The Morgan fingerprint density at radius 3 is 2.75 bits per heavy atom. The molecular formula is C10H13N3O2S. The van der Waals surface area contributed by atoms with Gasteiger partial charge in [-0.25, -0.2) is 4.79 Å². The maximum Gasteiger partial charge on any atom is 0.320 e. The highest BCUT2D eigenvalue weighted by Crippen LogP contribution is 2.23. The summed E-state index contributed by atoms with van der Waals surface area (Å²) in [6.07, 6.45) is 3.22. The average Bonchev–Trinajstić information content (AvgIpc) is 2.59. The van der Waals surface area contributed by atoms with Crippen molar-refractivity contribution in [3.8, 4) is 0 Å². The van der Waals surface area contributed by atoms with E-state index in [4.69, 9.17) is 5.73 Å². The van der Waals surface area contributed by atoms with Crippen LogP contribution in [0.15, 0.2) is 11.4 Å². The molecule has 16 heavy (non-hydrogen) atoms. The Morgan fingerprint density at radius 2 is 2.19 bits per heavy atom. The number of hydrogen-bond donors (Lipinski definition) is 3. The number of urea groups is 1. The van der Waals surface area contributed by atoms with Crippen LogP contribution in [0.5, 0.6) is 0 Å². The molecular weight excluding hydrogens is 226 g/mol. The molecule has 1 heterocycles. The maximum atomic E-state index is 11.5. The van der Waals surface area contributed by atoms with Crippen LogP contribution in [-0.2, 0) is 0 Å². The van der Waals surface area contributed by atoms with Gasteiger partial charge in [0.05, 0.1) is 5.56 Å². The molecule has 1 aliphatic rings. The van der Waals surface area contributed by atoms with Crippen molar-refractivity contribution in [3.05, 3.63) is 17.0 Å². The van der Waals surface area contributed by atoms with Crippen molar-refractivity contribution in [1.29, 1.82) is 0 Å². The van der Waals surface area contributed by atoms with Crippen LogP contribution in [0, 0.1) is 0 Å². The normalized spacial score (nSPS) is 15.2. The van der Waals surface area contributed by atoms with E-state index >= 15 is 0 Å². The number of nitrogens with two attached hydrogens (primary N) is 1. The Kier molecular flexibility index (Phi) is 3.09. The molecule has 0 aliphatic heterocycles. The van der Waals surface area contributed by atoms with Crippen LogP contribution in [0.3, 0.4) is 0 Å². The van der Waals surface area contributed by atoms with E-state index < -0.39 is 5.91 Å². The molecule has 3 amide bonds. The highest BCUT2D eigenvalue weighted by Gasteiger charge is 2.20. The topological polar surface area (TPSA) is 84.2 Å². The number of anilines is 1. The molecule has 0 unspecified atom stereocenters. The molecule has 5 nitrogen and oxygen atoms in total. The minimum absolute atomic E-state index is 0.269. The van der Waals surface area contributed by atoms with Gasteiger partial charge in [0.15, 0.2) is 0 Å². The van der Waals surface area contributed by atoms with Crippen LogP contribution in [-0.4, -0.2) is 18.0 Å². The van der Waals surface area contributed by atoms with Crippen LogP contribution in [0.1, 0.15) is 29.6 Å². The van der Waals surface area contributed by atoms with Crippen molar-refractivity contribution in [3.63, 3.8) is 0 Å². The fraction of sp³-hybridized carbons (Fsp3) is 0.400. The molecule has 0 spiro atoms. The Hall–Kier alpha value is -1.56. The van der Waals surface area contributed by atoms with Gasteiger partial charge >= 0.3 is 6.03 Å². The summed E-state index contributed by atoms with van der Waals surface area (Å²) < 4.78 is 0. The van der Waals surface area contributed by atoms with E-state index in [9.17, 15) is 9.59 Å². The third-order valence-electron chi connectivity index (χ3n) is 2.60. The fourth-order valence-corrected chi connectivity index (χ4v) is 2.26. The van der Waals surface area contributed by atoms with Gasteiger partial charge in [-0.05, 0) is 30.7 Å². The lowest BCUT2D eigenvalue weighted by Gasteiger charge is -2.26. The van der Waals surface area contributed by atoms with Gasteiger partial charge in [0.2, 0.25) is 0 Å². The van der Waals surface area contributed by atoms with Gasteiger partial charge in [0.1, 0.15) is 5.00 Å². The number of hydrogen-bond acceptors (Lipinski definition) is 3. The molecule has 1 saturated carbocycles. The number of amides is 3. The summed E-state index contributed by atoms with van der Waals surface area (Å²) in [6.45, 7) is 0. The van der Waals surface area contributed by atoms with E-state index in [0.717, 1.165) is 19.3 Å². The second kappa shape index (κ2) is 4.52. The van der Waals surface area contributed by atoms with Crippen molar-refractivity contribution in [2.75, 3.05) is 5.32 Å². The summed E-state index contributed by atoms with van der Waals surface area (Å²) in [5.74, 6) is -0.528. The fourth-order valence-electron chi connectivity index (χ4n) is 1.48. The molecule has 0 aromatic carbocycles. The van der Waals surface area contributed by atoms with Crippen molar-refractivity contribution < 1.29 is 9.59 Å². The van der Waals surface area contributed by atoms with Gasteiger partial charge in [0, 0.05) is 6.04 Å². The zero-order valence-corrected chi connectivity index (χ0v) is 9.47. The monoisotopic (exact) mass is 239 g/mol. The van der Waals surface area contributed by atoms with Gasteiger partial charge in [-0.15, -0.1) is 11.3 Å². The zero-order chi connectivity index (χ0) is 11.5. The van der Waals surface area contributed by atoms with Crippen molar-refractivity contribution >= 4 is 28.3 Å². The van der Waals surface area contributed by atoms with E-state index in [-0.39, 0.29) is 12.1 Å². The largest absolute Gasteiger partial charge is 0.366 e. The molecule has 0 atom stereocenters. The number of carbonyl (C=O) groups excluding carboxylic acids is 2. The van der Waals surface area contributed by atoms with E-state index in [1.807, 2.05) is 0 Å². The lowest BCUT2D eigenvalue weighted by molar-refractivity contribution is 0.100. The third-order valence-corrected chi connectivity index (χ3v) is 3.43. The van der Waals surface area contributed by atoms with Crippen molar-refractivity contribution in [2.45, 2.75) is 25.3 Å². The Balaban J connectivity index is 1.94. The lowest BCUT2D eigenvalue weighted by Crippen LogP contribution is -2.41. The maximum absolute atomic E-state index is 11.5. The molecule has 1 aromatic rings. The second-order valence-corrected chi connectivity index (χ2v) is 4.67. The number of primary amides is 1. The summed E-state index contributed by atoms with van der Waals surface area (Å²) in [5.41, 5.74) is 5.52. The van der Waals surface area contributed by atoms with Crippen molar-refractivity contribution in [1.82, 2.24) is 5.32 Å². The third kappa shape index (κ3) is 2.33. The molecule has 2 rings (SSSR count). The summed E-state index contributed by atoms with van der Waals surface area (Å²) in [5, 5.41) is 7.69. The highest BCUT2D eigenvalue weighted by molar-refractivity contribution is 7.14. The average molecular weight is 239 g/mol. The highest BCUT2D eigenvalue weighted by atomic mass is 32.1. The first-order valence-electron chi connectivity index (χ1n) is 5.11. The van der Waals surface area contributed by atoms with Crippen LogP contribution in [0.2, 0.25) is 0 Å². The van der Waals surface area contributed by atoms with Gasteiger partial charge in [0.25, 0.3) is 5.91 Å². The smallest absolute Gasteiger partial charge is 0.320 e. The molecule has 0 bridgehead atoms. The van der Waals surface area contributed by atoms with Crippen LogP contribution >= 0.6 is 11.3 Å². The van der Waals surface area contributed by atoms with Gasteiger partial charge < -0.3 is 11.1 Å². The van der Waals surface area contributed by atoms with Crippen LogP contribution < -0.4 is 16.4 Å². The molecule has 1 aliphatic carbocycles. The molecule has 6 heteroatoms. The van der Waals surface area contributed by atoms with Crippen LogP contribution in [0.4, 0.5) is 9.80 Å². The first-order valence-corrected chi connectivity index (χ1v) is 5.99. The Morgan fingerprint density at radius 1 is 1.44 bits per heavy atom. The molecule has 1 aromatic heterocycles. The van der Waals surface area contributed by atoms with Gasteiger partial charge in [-0.3, -0.25) is 10.1 Å². The minimum Gasteiger partial charge on any atom is -0.366 e. The van der Waals surface area contributed by atoms with E-state index in [1.54, 1.807) is 11.4 Å². The van der Waals surface area contributed by atoms with E-state index in [1.165, 1.54) is 11.3 Å². The molecule has 0 radical (unpaired) electrons. The van der Waals surface area contributed by atoms with E-state index in [2.05, 4.69) is 10.6 Å². The Bertz CT molecular complexity index is 412. The molecule has 86 valence electrons. The molecule has 1 fully saturated rings. The van der Waals surface area contributed by atoms with Crippen LogP contribution in [0.25, 0.3) is 0 Å². The first kappa shape index (κ1) is 10.9. The minimum atomic E-state index is -0.528. The number of carbonyl (C=O) groups is 2. The predicted molar refractivity (Wildman–Crippen MR) is 62.6 cm³/mol. The number of rotatable bonds is 3. The van der Waals surface area contributed by atoms with E-state index in [0.29, 0.717) is 10.6 Å². The standard InChI is InChI=1S/C10H13N3O2S/c11-8(14)7-4-5-16-9(7)13-10(15)12-6-2-1-3-6/h4-6H,1-3H2,(H2,11,14)(H2,12,13,15). The SMILES string of the molecule is NC(=O)c1ccsc1NC(=O)NC1CCC1. The van der Waals surface area contributed by atoms with Gasteiger partial charge in [-0.1, -0.05) is 0 Å². The van der Waals surface area contributed by atoms with Gasteiger partial charge in [-0.2, -0.15) is 0 Å². The zero-order valence-electron chi connectivity index (χ0n) is 8.66. The quantitative estimate of drug-likeness (QED) is 0.747. The summed E-state index contributed by atoms with van der Waals surface area (Å²) in [7, 11) is 0. The Labute approximate surface area is 97.0 Å². The second-order valence-electron chi connectivity index (χ2n) is 3.75. The summed E-state index contributed by atoms with van der Waals surface area (Å²) >= 11 is 1.29. The predicted octanol–water partition coefficient (Wildman–Crippen LogP) is 1.52. The molecule has 4 N–H and O–H groups in total. The molecule has 0 saturated heterocycles.